The lowest BCUT2D eigenvalue weighted by atomic mass is 9.99. The third-order valence-corrected chi connectivity index (χ3v) is 2.65. The second-order valence-corrected chi connectivity index (χ2v) is 3.50. The third kappa shape index (κ3) is 2.36. The van der Waals surface area contributed by atoms with Gasteiger partial charge in [-0.3, -0.25) is 0 Å². The summed E-state index contributed by atoms with van der Waals surface area (Å²) in [6.07, 6.45) is 4.97. The Bertz CT molecular complexity index is 175. The molecule has 2 unspecified atom stereocenters. The van der Waals surface area contributed by atoms with E-state index in [1.54, 1.807) is 0 Å². The highest BCUT2D eigenvalue weighted by Crippen LogP contribution is 2.31. The quantitative estimate of drug-likeness (QED) is 0.477. The molecular weight excluding hydrogens is 152 g/mol. The SMILES string of the molecule is C=CC(=O)OCC1CCCC1C. The maximum Gasteiger partial charge on any atom is 0.330 e. The van der Waals surface area contributed by atoms with Crippen molar-refractivity contribution in [1.82, 2.24) is 0 Å². The minimum absolute atomic E-state index is 0.297. The van der Waals surface area contributed by atoms with Gasteiger partial charge in [-0.15, -0.1) is 0 Å². The Labute approximate surface area is 73.6 Å². The molecule has 2 atom stereocenters. The molecule has 1 fully saturated rings. The molecule has 0 heterocycles. The topological polar surface area (TPSA) is 26.3 Å². The monoisotopic (exact) mass is 168 g/mol. The van der Waals surface area contributed by atoms with E-state index in [-0.39, 0.29) is 5.97 Å². The molecule has 0 aromatic carbocycles. The Kier molecular flexibility index (Phi) is 3.32. The van der Waals surface area contributed by atoms with Crippen molar-refractivity contribution in [3.63, 3.8) is 0 Å². The number of hydrogen-bond acceptors (Lipinski definition) is 2. The molecule has 2 heteroatoms. The van der Waals surface area contributed by atoms with Crippen LogP contribution in [0.5, 0.6) is 0 Å². The summed E-state index contributed by atoms with van der Waals surface area (Å²) in [5.74, 6) is 0.991. The van der Waals surface area contributed by atoms with Crippen LogP contribution in [-0.4, -0.2) is 12.6 Å². The Morgan fingerprint density at radius 2 is 2.42 bits per heavy atom. The highest BCUT2D eigenvalue weighted by molar-refractivity contribution is 5.81. The molecule has 1 rings (SSSR count). The highest BCUT2D eigenvalue weighted by atomic mass is 16.5. The zero-order valence-corrected chi connectivity index (χ0v) is 7.58. The van der Waals surface area contributed by atoms with Crippen LogP contribution in [0, 0.1) is 11.8 Å². The molecule has 0 amide bonds. The molecule has 2 nitrogen and oxygen atoms in total. The fourth-order valence-corrected chi connectivity index (χ4v) is 1.72. The van der Waals surface area contributed by atoms with Gasteiger partial charge in [-0.2, -0.15) is 0 Å². The van der Waals surface area contributed by atoms with Crippen LogP contribution in [0.1, 0.15) is 26.2 Å². The van der Waals surface area contributed by atoms with E-state index in [2.05, 4.69) is 13.5 Å². The van der Waals surface area contributed by atoms with Gasteiger partial charge in [0.05, 0.1) is 6.61 Å². The summed E-state index contributed by atoms with van der Waals surface area (Å²) in [4.78, 5) is 10.7. The fraction of sp³-hybridized carbons (Fsp3) is 0.700. The second kappa shape index (κ2) is 4.29. The first-order valence-corrected chi connectivity index (χ1v) is 4.53. The van der Waals surface area contributed by atoms with Crippen LogP contribution in [-0.2, 0) is 9.53 Å². The van der Waals surface area contributed by atoms with E-state index in [1.807, 2.05) is 0 Å². The molecule has 68 valence electrons. The first kappa shape index (κ1) is 9.30. The van der Waals surface area contributed by atoms with Crippen molar-refractivity contribution in [2.24, 2.45) is 11.8 Å². The lowest BCUT2D eigenvalue weighted by molar-refractivity contribution is -0.139. The van der Waals surface area contributed by atoms with Gasteiger partial charge in [0, 0.05) is 6.08 Å². The van der Waals surface area contributed by atoms with Crippen LogP contribution in [0.25, 0.3) is 0 Å². The number of esters is 1. The molecule has 1 saturated carbocycles. The Hall–Kier alpha value is -0.790. The van der Waals surface area contributed by atoms with Crippen molar-refractivity contribution in [3.8, 4) is 0 Å². The summed E-state index contributed by atoms with van der Waals surface area (Å²) >= 11 is 0. The average Bonchev–Trinajstić information content (AvgIpc) is 2.47. The minimum atomic E-state index is -0.297. The van der Waals surface area contributed by atoms with Crippen LogP contribution in [0.4, 0.5) is 0 Å². The van der Waals surface area contributed by atoms with Gasteiger partial charge < -0.3 is 4.74 Å². The zero-order valence-electron chi connectivity index (χ0n) is 7.58. The van der Waals surface area contributed by atoms with Crippen molar-refractivity contribution >= 4 is 5.97 Å². The molecule has 0 N–H and O–H groups in total. The van der Waals surface area contributed by atoms with Gasteiger partial charge in [0.15, 0.2) is 0 Å². The molecule has 0 aromatic heterocycles. The number of ether oxygens (including phenoxy) is 1. The fourth-order valence-electron chi connectivity index (χ4n) is 1.72. The van der Waals surface area contributed by atoms with E-state index in [4.69, 9.17) is 4.74 Å². The van der Waals surface area contributed by atoms with Gasteiger partial charge in [0.2, 0.25) is 0 Å². The second-order valence-electron chi connectivity index (χ2n) is 3.50. The predicted molar refractivity (Wildman–Crippen MR) is 47.7 cm³/mol. The average molecular weight is 168 g/mol. The van der Waals surface area contributed by atoms with Crippen molar-refractivity contribution in [3.05, 3.63) is 12.7 Å². The minimum Gasteiger partial charge on any atom is -0.462 e. The van der Waals surface area contributed by atoms with E-state index in [9.17, 15) is 4.79 Å². The van der Waals surface area contributed by atoms with Crippen molar-refractivity contribution in [1.29, 1.82) is 0 Å². The molecule has 0 saturated heterocycles. The number of hydrogen-bond donors (Lipinski definition) is 0. The summed E-state index contributed by atoms with van der Waals surface area (Å²) < 4.78 is 4.99. The van der Waals surface area contributed by atoms with Crippen molar-refractivity contribution in [2.45, 2.75) is 26.2 Å². The van der Waals surface area contributed by atoms with Gasteiger partial charge in [-0.05, 0) is 18.3 Å². The Morgan fingerprint density at radius 1 is 1.67 bits per heavy atom. The lowest BCUT2D eigenvalue weighted by Gasteiger charge is -2.13. The number of carbonyl (C=O) groups excluding carboxylic acids is 1. The van der Waals surface area contributed by atoms with E-state index in [0.29, 0.717) is 18.4 Å². The summed E-state index contributed by atoms with van der Waals surface area (Å²) in [5.41, 5.74) is 0. The van der Waals surface area contributed by atoms with Crippen LogP contribution in [0.2, 0.25) is 0 Å². The summed E-state index contributed by atoms with van der Waals surface area (Å²) in [6, 6.07) is 0. The normalized spacial score (nSPS) is 28.4. The molecule has 0 bridgehead atoms. The predicted octanol–water partition coefficient (Wildman–Crippen LogP) is 2.15. The largest absolute Gasteiger partial charge is 0.462 e. The standard InChI is InChI=1S/C10H16O2/c1-3-10(11)12-7-9-6-4-5-8(9)2/h3,8-9H,1,4-7H2,2H3. The van der Waals surface area contributed by atoms with E-state index < -0.39 is 0 Å². The molecular formula is C10H16O2. The number of rotatable bonds is 3. The van der Waals surface area contributed by atoms with Gasteiger partial charge in [-0.25, -0.2) is 4.79 Å². The molecule has 1 aliphatic carbocycles. The summed E-state index contributed by atoms with van der Waals surface area (Å²) in [7, 11) is 0. The summed E-state index contributed by atoms with van der Waals surface area (Å²) in [6.45, 7) is 6.15. The smallest absolute Gasteiger partial charge is 0.330 e. The van der Waals surface area contributed by atoms with Crippen molar-refractivity contribution in [2.75, 3.05) is 6.61 Å². The molecule has 0 aromatic rings. The molecule has 12 heavy (non-hydrogen) atoms. The molecule has 0 radical (unpaired) electrons. The van der Waals surface area contributed by atoms with Gasteiger partial charge in [0.25, 0.3) is 0 Å². The first-order valence-electron chi connectivity index (χ1n) is 4.53. The van der Waals surface area contributed by atoms with Gasteiger partial charge in [-0.1, -0.05) is 26.3 Å². The van der Waals surface area contributed by atoms with Crippen molar-refractivity contribution < 1.29 is 9.53 Å². The maximum absolute atomic E-state index is 10.7. The Morgan fingerprint density at radius 3 is 2.92 bits per heavy atom. The molecule has 0 spiro atoms. The van der Waals surface area contributed by atoms with Crippen LogP contribution < -0.4 is 0 Å². The highest BCUT2D eigenvalue weighted by Gasteiger charge is 2.23. The number of carbonyl (C=O) groups is 1. The van der Waals surface area contributed by atoms with Crippen LogP contribution in [0.15, 0.2) is 12.7 Å². The maximum atomic E-state index is 10.7. The van der Waals surface area contributed by atoms with Crippen LogP contribution in [0.3, 0.4) is 0 Å². The summed E-state index contributed by atoms with van der Waals surface area (Å²) in [5, 5.41) is 0. The third-order valence-electron chi connectivity index (χ3n) is 2.65. The lowest BCUT2D eigenvalue weighted by Crippen LogP contribution is -2.14. The molecule has 0 aliphatic heterocycles. The van der Waals surface area contributed by atoms with E-state index in [0.717, 1.165) is 0 Å². The zero-order chi connectivity index (χ0) is 8.97. The molecule has 1 aliphatic rings. The van der Waals surface area contributed by atoms with Crippen LogP contribution >= 0.6 is 0 Å². The Balaban J connectivity index is 2.22. The van der Waals surface area contributed by atoms with Gasteiger partial charge >= 0.3 is 5.97 Å². The van der Waals surface area contributed by atoms with E-state index >= 15 is 0 Å². The van der Waals surface area contributed by atoms with Gasteiger partial charge in [0.1, 0.15) is 0 Å². The van der Waals surface area contributed by atoms with E-state index in [1.165, 1.54) is 25.3 Å². The first-order chi connectivity index (χ1) is 5.74.